The first-order chi connectivity index (χ1) is 14.0. The minimum Gasteiger partial charge on any atom is -0.452 e. The number of rotatable bonds is 7. The van der Waals surface area contributed by atoms with E-state index < -0.39 is 36.8 Å². The molecule has 0 aliphatic heterocycles. The molecule has 0 aliphatic rings. The number of halogens is 6. The normalized spacial score (nSPS) is 11.6. The molecule has 0 aliphatic carbocycles. The molecule has 0 aromatic heterocycles. The molecule has 2 aromatic carbocycles. The lowest BCUT2D eigenvalue weighted by atomic mass is 10.2. The average Bonchev–Trinajstić information content (AvgIpc) is 2.66. The van der Waals surface area contributed by atoms with Crippen LogP contribution in [0.4, 0.5) is 27.6 Å². The second-order valence-electron chi connectivity index (χ2n) is 5.63. The number of benzene rings is 2. The lowest BCUT2D eigenvalue weighted by Crippen LogP contribution is -2.20. The zero-order valence-corrected chi connectivity index (χ0v) is 15.6. The van der Waals surface area contributed by atoms with E-state index in [1.807, 2.05) is 0 Å². The molecule has 1 N–H and O–H groups in total. The first-order valence-electron chi connectivity index (χ1n) is 8.11. The Hall–Kier alpha value is -3.14. The number of ether oxygens (including phenoxy) is 2. The maximum Gasteiger partial charge on any atom is 0.416 e. The van der Waals surface area contributed by atoms with Gasteiger partial charge in [-0.15, -0.1) is 0 Å². The molecular formula is C19H13ClF5NO4. The lowest BCUT2D eigenvalue weighted by molar-refractivity contribution is -0.142. The number of carbonyl (C=O) groups is 2. The number of amides is 1. The molecule has 0 fully saturated rings. The van der Waals surface area contributed by atoms with Gasteiger partial charge in [0.1, 0.15) is 5.75 Å². The fourth-order valence-corrected chi connectivity index (χ4v) is 2.26. The Balaban J connectivity index is 1.87. The topological polar surface area (TPSA) is 64.6 Å². The number of nitrogens with one attached hydrogen (secondary N) is 1. The standard InChI is InChI=1S/C19H13ClF5NO4/c20-14-7-4-12(19(23,24)25)9-15(14)26-16(27)10-29-17(28)8-3-11-1-5-13(6-2-11)30-18(21)22/h1-9,18H,10H2,(H,26,27). The Morgan fingerprint density at radius 2 is 1.77 bits per heavy atom. The summed E-state index contributed by atoms with van der Waals surface area (Å²) in [6, 6.07) is 7.74. The zero-order valence-electron chi connectivity index (χ0n) is 14.9. The third-order valence-corrected chi connectivity index (χ3v) is 3.76. The van der Waals surface area contributed by atoms with Crippen LogP contribution in [0.3, 0.4) is 0 Å². The number of alkyl halides is 5. The zero-order chi connectivity index (χ0) is 22.3. The van der Waals surface area contributed by atoms with Crippen molar-refractivity contribution in [2.75, 3.05) is 11.9 Å². The van der Waals surface area contributed by atoms with Crippen LogP contribution in [0.1, 0.15) is 11.1 Å². The van der Waals surface area contributed by atoms with Crippen molar-refractivity contribution in [2.24, 2.45) is 0 Å². The van der Waals surface area contributed by atoms with E-state index in [-0.39, 0.29) is 16.5 Å². The lowest BCUT2D eigenvalue weighted by Gasteiger charge is -2.11. The predicted octanol–water partition coefficient (Wildman–Crippen LogP) is 5.16. The minimum atomic E-state index is -4.62. The molecule has 1 amide bonds. The summed E-state index contributed by atoms with van der Waals surface area (Å²) >= 11 is 5.76. The maximum absolute atomic E-state index is 12.7. The van der Waals surface area contributed by atoms with Gasteiger partial charge in [-0.3, -0.25) is 4.79 Å². The van der Waals surface area contributed by atoms with Gasteiger partial charge in [0.05, 0.1) is 16.3 Å². The Morgan fingerprint density at radius 3 is 2.37 bits per heavy atom. The summed E-state index contributed by atoms with van der Waals surface area (Å²) in [7, 11) is 0. The second-order valence-corrected chi connectivity index (χ2v) is 6.04. The third-order valence-electron chi connectivity index (χ3n) is 3.43. The molecular weight excluding hydrogens is 437 g/mol. The van der Waals surface area contributed by atoms with Crippen LogP contribution in [0.2, 0.25) is 5.02 Å². The Kier molecular flexibility index (Phi) is 7.76. The first kappa shape index (κ1) is 23.1. The predicted molar refractivity (Wildman–Crippen MR) is 98.2 cm³/mol. The van der Waals surface area contributed by atoms with E-state index >= 15 is 0 Å². The molecule has 2 rings (SSSR count). The van der Waals surface area contributed by atoms with E-state index in [1.54, 1.807) is 0 Å². The summed E-state index contributed by atoms with van der Waals surface area (Å²) in [6.07, 6.45) is -2.34. The van der Waals surface area contributed by atoms with Gasteiger partial charge in [-0.1, -0.05) is 23.7 Å². The molecule has 0 bridgehead atoms. The molecule has 0 saturated heterocycles. The van der Waals surface area contributed by atoms with Crippen molar-refractivity contribution in [1.82, 2.24) is 0 Å². The van der Waals surface area contributed by atoms with E-state index in [9.17, 15) is 31.5 Å². The van der Waals surface area contributed by atoms with Gasteiger partial charge in [0.2, 0.25) is 0 Å². The average molecular weight is 450 g/mol. The van der Waals surface area contributed by atoms with Gasteiger partial charge in [-0.05, 0) is 42.0 Å². The molecule has 5 nitrogen and oxygen atoms in total. The molecule has 160 valence electrons. The van der Waals surface area contributed by atoms with Gasteiger partial charge in [-0.25, -0.2) is 4.79 Å². The van der Waals surface area contributed by atoms with E-state index in [0.29, 0.717) is 11.6 Å². The van der Waals surface area contributed by atoms with Gasteiger partial charge < -0.3 is 14.8 Å². The van der Waals surface area contributed by atoms with Crippen LogP contribution in [-0.4, -0.2) is 25.1 Å². The molecule has 0 saturated carbocycles. The molecule has 0 spiro atoms. The van der Waals surface area contributed by atoms with E-state index in [0.717, 1.165) is 18.2 Å². The fraction of sp³-hybridized carbons (Fsp3) is 0.158. The van der Waals surface area contributed by atoms with Crippen molar-refractivity contribution < 1.29 is 41.0 Å². The number of esters is 1. The van der Waals surface area contributed by atoms with Crippen LogP contribution in [0.15, 0.2) is 48.5 Å². The molecule has 11 heteroatoms. The second kappa shape index (κ2) is 10.1. The Bertz CT molecular complexity index is 930. The van der Waals surface area contributed by atoms with Crippen molar-refractivity contribution in [2.45, 2.75) is 12.8 Å². The largest absolute Gasteiger partial charge is 0.452 e. The summed E-state index contributed by atoms with van der Waals surface area (Å²) in [5.41, 5.74) is -0.824. The molecule has 0 unspecified atom stereocenters. The van der Waals surface area contributed by atoms with Crippen molar-refractivity contribution in [3.63, 3.8) is 0 Å². The van der Waals surface area contributed by atoms with Crippen molar-refractivity contribution >= 4 is 35.2 Å². The highest BCUT2D eigenvalue weighted by molar-refractivity contribution is 6.33. The Morgan fingerprint density at radius 1 is 1.10 bits per heavy atom. The molecule has 0 radical (unpaired) electrons. The van der Waals surface area contributed by atoms with E-state index in [2.05, 4.69) is 14.8 Å². The van der Waals surface area contributed by atoms with Crippen LogP contribution in [0, 0.1) is 0 Å². The van der Waals surface area contributed by atoms with Crippen LogP contribution in [0.25, 0.3) is 6.08 Å². The fourth-order valence-electron chi connectivity index (χ4n) is 2.09. The summed E-state index contributed by atoms with van der Waals surface area (Å²) in [4.78, 5) is 23.5. The summed E-state index contributed by atoms with van der Waals surface area (Å²) in [6.45, 7) is -3.73. The maximum atomic E-state index is 12.7. The monoisotopic (exact) mass is 449 g/mol. The highest BCUT2D eigenvalue weighted by Crippen LogP contribution is 2.33. The number of hydrogen-bond donors (Lipinski definition) is 1. The first-order valence-corrected chi connectivity index (χ1v) is 8.48. The van der Waals surface area contributed by atoms with Gasteiger partial charge in [0, 0.05) is 6.08 Å². The van der Waals surface area contributed by atoms with Crippen molar-refractivity contribution in [3.8, 4) is 5.75 Å². The Labute approximate surface area is 172 Å². The van der Waals surface area contributed by atoms with E-state index in [1.165, 1.54) is 30.3 Å². The van der Waals surface area contributed by atoms with Gasteiger partial charge >= 0.3 is 18.8 Å². The summed E-state index contributed by atoms with van der Waals surface area (Å²) in [5, 5.41) is 2.00. The SMILES string of the molecule is O=C(COC(=O)C=Cc1ccc(OC(F)F)cc1)Nc1cc(C(F)(F)F)ccc1Cl. The third kappa shape index (κ3) is 7.36. The quantitative estimate of drug-likeness (QED) is 0.360. The van der Waals surface area contributed by atoms with Crippen LogP contribution in [-0.2, 0) is 20.5 Å². The smallest absolute Gasteiger partial charge is 0.416 e. The highest BCUT2D eigenvalue weighted by Gasteiger charge is 2.31. The highest BCUT2D eigenvalue weighted by atomic mass is 35.5. The van der Waals surface area contributed by atoms with Crippen LogP contribution < -0.4 is 10.1 Å². The summed E-state index contributed by atoms with van der Waals surface area (Å²) < 4.78 is 71.2. The van der Waals surface area contributed by atoms with Crippen molar-refractivity contribution in [1.29, 1.82) is 0 Å². The molecule has 30 heavy (non-hydrogen) atoms. The summed E-state index contributed by atoms with van der Waals surface area (Å²) in [5.74, 6) is -1.87. The minimum absolute atomic E-state index is 0.0605. The molecule has 2 aromatic rings. The van der Waals surface area contributed by atoms with E-state index in [4.69, 9.17) is 11.6 Å². The molecule has 0 atom stereocenters. The van der Waals surface area contributed by atoms with Crippen molar-refractivity contribution in [3.05, 3.63) is 64.7 Å². The van der Waals surface area contributed by atoms with Gasteiger partial charge in [0.25, 0.3) is 5.91 Å². The van der Waals surface area contributed by atoms with Gasteiger partial charge in [0.15, 0.2) is 6.61 Å². The van der Waals surface area contributed by atoms with Gasteiger partial charge in [-0.2, -0.15) is 22.0 Å². The van der Waals surface area contributed by atoms with Crippen LogP contribution >= 0.6 is 11.6 Å². The van der Waals surface area contributed by atoms with Crippen LogP contribution in [0.5, 0.6) is 5.75 Å². The number of carbonyl (C=O) groups excluding carboxylic acids is 2. The molecule has 0 heterocycles. The number of hydrogen-bond acceptors (Lipinski definition) is 4. The number of anilines is 1.